The summed E-state index contributed by atoms with van der Waals surface area (Å²) in [7, 11) is 0. The second kappa shape index (κ2) is 31.7. The summed E-state index contributed by atoms with van der Waals surface area (Å²) < 4.78 is 0. The molecule has 0 spiro atoms. The lowest BCUT2D eigenvalue weighted by Gasteiger charge is -2.31. The molecular weight excluding hydrogens is 748 g/mol. The highest BCUT2D eigenvalue weighted by Gasteiger charge is 2.27. The molecule has 2 fully saturated rings. The van der Waals surface area contributed by atoms with Gasteiger partial charge in [-0.25, -0.2) is 29.2 Å². The second-order valence-electron chi connectivity index (χ2n) is 15.0. The largest absolute Gasteiger partial charge is 0.481 e. The molecule has 0 atom stereocenters. The van der Waals surface area contributed by atoms with Crippen LogP contribution in [-0.4, -0.2) is 127 Å². The summed E-state index contributed by atoms with van der Waals surface area (Å²) >= 11 is 0. The summed E-state index contributed by atoms with van der Waals surface area (Å²) in [6.07, 6.45) is 15.3. The number of hydrogen-bond acceptors (Lipinski definition) is 13. The van der Waals surface area contributed by atoms with Gasteiger partial charge in [-0.1, -0.05) is 26.8 Å². The number of unbranched alkanes of at least 4 members (excludes halogenated alkanes) is 1. The zero-order valence-corrected chi connectivity index (χ0v) is 33.4. The Balaban J connectivity index is 0. The minimum Gasteiger partial charge on any atom is -0.481 e. The Kier molecular flexibility index (Phi) is 30.5. The monoisotopic (exact) mass is 812 g/mol. The minimum absolute atomic E-state index is 0.0186. The predicted octanol–water partition coefficient (Wildman–Crippen LogP) is 4.32. The Bertz CT molecular complexity index is 1280. The van der Waals surface area contributed by atoms with Crippen molar-refractivity contribution in [3.63, 3.8) is 0 Å². The second-order valence-corrected chi connectivity index (χ2v) is 15.0. The van der Waals surface area contributed by atoms with Crippen LogP contribution in [0.5, 0.6) is 0 Å². The molecule has 57 heavy (non-hydrogen) atoms. The molecule has 17 nitrogen and oxygen atoms in total. The van der Waals surface area contributed by atoms with Crippen LogP contribution in [0.15, 0.2) is 34.3 Å². The van der Waals surface area contributed by atoms with Crippen LogP contribution in [0.3, 0.4) is 0 Å². The van der Waals surface area contributed by atoms with Gasteiger partial charge >= 0.3 is 23.9 Å². The first-order valence-corrected chi connectivity index (χ1v) is 19.1. The van der Waals surface area contributed by atoms with Crippen LogP contribution < -0.4 is 0 Å². The summed E-state index contributed by atoms with van der Waals surface area (Å²) in [6.45, 7) is 5.04. The first-order valence-electron chi connectivity index (χ1n) is 19.1. The lowest BCUT2D eigenvalue weighted by Crippen LogP contribution is -2.32. The number of hydrogen-bond donors (Lipinski definition) is 9. The van der Waals surface area contributed by atoms with Crippen LogP contribution in [0, 0.1) is 22.7 Å². The molecule has 1 aromatic rings. The van der Waals surface area contributed by atoms with E-state index in [1.807, 2.05) is 6.92 Å². The third kappa shape index (κ3) is 27.0. The van der Waals surface area contributed by atoms with Gasteiger partial charge in [0.2, 0.25) is 12.2 Å². The SMILES string of the molecule is CC(C)(CO)CO.CCC(CO)(CO)CO.O=C(O)CCCCC(=O)O.O=C(O)c1cccc(C(=O)O)c1.O=C=NC1CCC(CC2CCC(N=C=O)CC2)CC1. The number of carboxylic acids is 4. The van der Waals surface area contributed by atoms with Crippen LogP contribution in [0.25, 0.3) is 0 Å². The summed E-state index contributed by atoms with van der Waals surface area (Å²) in [6, 6.07) is 5.65. The smallest absolute Gasteiger partial charge is 0.335 e. The molecule has 0 saturated heterocycles. The molecule has 3 rings (SSSR count). The van der Waals surface area contributed by atoms with E-state index in [1.54, 1.807) is 26.0 Å². The lowest BCUT2D eigenvalue weighted by molar-refractivity contribution is -0.139. The van der Waals surface area contributed by atoms with E-state index in [0.29, 0.717) is 19.3 Å². The van der Waals surface area contributed by atoms with E-state index < -0.39 is 29.3 Å². The number of aliphatic carboxylic acids is 2. The first kappa shape index (κ1) is 54.8. The predicted molar refractivity (Wildman–Crippen MR) is 208 cm³/mol. The lowest BCUT2D eigenvalue weighted by atomic mass is 9.76. The molecule has 9 N–H and O–H groups in total. The van der Waals surface area contributed by atoms with E-state index in [2.05, 4.69) is 9.98 Å². The third-order valence-corrected chi connectivity index (χ3v) is 9.77. The van der Waals surface area contributed by atoms with Crippen molar-refractivity contribution in [2.75, 3.05) is 33.0 Å². The Hall–Kier alpha value is -4.34. The Morgan fingerprint density at radius 3 is 1.19 bits per heavy atom. The van der Waals surface area contributed by atoms with Crippen molar-refractivity contribution in [1.82, 2.24) is 0 Å². The highest BCUT2D eigenvalue weighted by molar-refractivity contribution is 5.93. The number of carboxylic acid groups (broad SMARTS) is 4. The standard InChI is InChI=1S/C15H22N2O2.C8H6O4.C6H10O4.C6H14O3.C5H12O2/c18-10-16-14-5-1-12(2-6-14)9-13-3-7-15(8-4-13)17-11-19;9-7(10)5-2-1-3-6(4-5)8(11)12;7-5(8)3-1-2-4-6(9)10;1-2-6(3-7,4-8)5-9;1-5(2,3-6)4-7/h12-15H,1-9H2;1-4H,(H,9,10)(H,11,12);1-4H2,(H,7,8)(H,9,10);7-9H,2-5H2,1H3;6-7H,3-4H2,1-2H3. The highest BCUT2D eigenvalue weighted by atomic mass is 16.4. The number of benzene rings is 1. The molecule has 324 valence electrons. The van der Waals surface area contributed by atoms with Gasteiger partial charge in [-0.3, -0.25) is 9.59 Å². The van der Waals surface area contributed by atoms with E-state index in [-0.39, 0.29) is 74.5 Å². The quantitative estimate of drug-likeness (QED) is 0.0601. The van der Waals surface area contributed by atoms with Gasteiger partial charge in [-0.05, 0) is 107 Å². The number of aliphatic hydroxyl groups is 5. The maximum Gasteiger partial charge on any atom is 0.335 e. The van der Waals surface area contributed by atoms with E-state index in [9.17, 15) is 28.8 Å². The van der Waals surface area contributed by atoms with Crippen molar-refractivity contribution in [2.24, 2.45) is 32.7 Å². The summed E-state index contributed by atoms with van der Waals surface area (Å²) in [5, 5.41) is 76.1. The summed E-state index contributed by atoms with van der Waals surface area (Å²) in [5.41, 5.74) is -1.01. The zero-order chi connectivity index (χ0) is 43.9. The molecule has 0 bridgehead atoms. The first-order chi connectivity index (χ1) is 26.9. The topological polar surface area (TPSA) is 309 Å². The van der Waals surface area contributed by atoms with Crippen molar-refractivity contribution in [3.05, 3.63) is 35.4 Å². The van der Waals surface area contributed by atoms with Gasteiger partial charge in [0.1, 0.15) is 0 Å². The number of rotatable bonds is 17. The van der Waals surface area contributed by atoms with Crippen molar-refractivity contribution in [3.8, 4) is 0 Å². The van der Waals surface area contributed by atoms with E-state index in [1.165, 1.54) is 50.3 Å². The number of carbonyl (C=O) groups is 4. The molecule has 0 amide bonds. The fourth-order valence-electron chi connectivity index (χ4n) is 5.51. The number of aliphatic hydroxyl groups excluding tert-OH is 5. The van der Waals surface area contributed by atoms with Gasteiger partial charge in [0.15, 0.2) is 0 Å². The molecule has 1 aromatic carbocycles. The number of carbonyl (C=O) groups excluding carboxylic acids is 2. The Labute approximate surface area is 334 Å². The van der Waals surface area contributed by atoms with E-state index >= 15 is 0 Å². The number of isocyanates is 2. The molecule has 2 aliphatic rings. The molecule has 17 heteroatoms. The van der Waals surface area contributed by atoms with Gasteiger partial charge in [-0.15, -0.1) is 0 Å². The fourth-order valence-corrected chi connectivity index (χ4v) is 5.51. The molecule has 0 radical (unpaired) electrons. The number of nitrogens with zero attached hydrogens (tertiary/aromatic N) is 2. The third-order valence-electron chi connectivity index (χ3n) is 9.77. The van der Waals surface area contributed by atoms with E-state index in [4.69, 9.17) is 46.0 Å². The van der Waals surface area contributed by atoms with Crippen LogP contribution in [0.2, 0.25) is 0 Å². The molecule has 2 aliphatic carbocycles. The normalized spacial score (nSPS) is 18.6. The highest BCUT2D eigenvalue weighted by Crippen LogP contribution is 2.36. The molecule has 0 unspecified atom stereocenters. The summed E-state index contributed by atoms with van der Waals surface area (Å²) in [4.78, 5) is 68.7. The zero-order valence-electron chi connectivity index (χ0n) is 33.4. The van der Waals surface area contributed by atoms with Crippen molar-refractivity contribution in [1.29, 1.82) is 0 Å². The van der Waals surface area contributed by atoms with Gasteiger partial charge in [0.05, 0.1) is 56.2 Å². The number of aliphatic imine (C=N–C) groups is 2. The average molecular weight is 813 g/mol. The Morgan fingerprint density at radius 1 is 0.632 bits per heavy atom. The Morgan fingerprint density at radius 2 is 0.982 bits per heavy atom. The van der Waals surface area contributed by atoms with Gasteiger partial charge < -0.3 is 46.0 Å². The van der Waals surface area contributed by atoms with Gasteiger partial charge in [0, 0.05) is 23.7 Å². The van der Waals surface area contributed by atoms with Crippen LogP contribution in [0.1, 0.15) is 131 Å². The molecule has 0 aromatic heterocycles. The van der Waals surface area contributed by atoms with Crippen molar-refractivity contribution in [2.45, 2.75) is 123 Å². The van der Waals surface area contributed by atoms with Crippen LogP contribution in [0.4, 0.5) is 0 Å². The number of aromatic carboxylic acids is 2. The van der Waals surface area contributed by atoms with Gasteiger partial charge in [0.25, 0.3) is 0 Å². The van der Waals surface area contributed by atoms with Crippen molar-refractivity contribution < 1.29 is 74.7 Å². The maximum absolute atomic E-state index is 10.4. The van der Waals surface area contributed by atoms with Crippen LogP contribution >= 0.6 is 0 Å². The molecule has 2 saturated carbocycles. The van der Waals surface area contributed by atoms with Gasteiger partial charge in [-0.2, -0.15) is 0 Å². The summed E-state index contributed by atoms with van der Waals surface area (Å²) in [5.74, 6) is -2.39. The average Bonchev–Trinajstić information content (AvgIpc) is 3.20. The maximum atomic E-state index is 10.4. The molecule has 0 heterocycles. The fraction of sp³-hybridized carbons (Fsp3) is 0.700. The van der Waals surface area contributed by atoms with Crippen molar-refractivity contribution >= 4 is 36.0 Å². The molecule has 0 aliphatic heterocycles. The van der Waals surface area contributed by atoms with Crippen LogP contribution in [-0.2, 0) is 19.2 Å². The van der Waals surface area contributed by atoms with E-state index in [0.717, 1.165) is 43.6 Å². The molecular formula is C40H64N2O15. The minimum atomic E-state index is -1.13.